The minimum Gasteiger partial charge on any atom is -0.477 e. The smallest absolute Gasteiger partial charge is 0.256 e. The molecule has 0 spiro atoms. The molecule has 31 heavy (non-hydrogen) atoms. The van der Waals surface area contributed by atoms with Crippen LogP contribution in [-0.4, -0.2) is 47.2 Å². The molecule has 1 fully saturated rings. The van der Waals surface area contributed by atoms with Gasteiger partial charge in [-0.15, -0.1) is 0 Å². The highest BCUT2D eigenvalue weighted by Crippen LogP contribution is 2.38. The van der Waals surface area contributed by atoms with Gasteiger partial charge in [-0.3, -0.25) is 9.59 Å². The zero-order chi connectivity index (χ0) is 22.3. The molecular formula is C24H31N3O4. The lowest BCUT2D eigenvalue weighted by atomic mass is 9.74. The van der Waals surface area contributed by atoms with Gasteiger partial charge < -0.3 is 20.5 Å². The topological polar surface area (TPSA) is 101 Å². The van der Waals surface area contributed by atoms with Crippen molar-refractivity contribution in [2.45, 2.75) is 57.1 Å². The summed E-state index contributed by atoms with van der Waals surface area (Å²) in [6.07, 6.45) is 3.57. The van der Waals surface area contributed by atoms with Crippen LogP contribution in [-0.2, 0) is 10.2 Å². The van der Waals surface area contributed by atoms with E-state index in [2.05, 4.69) is 27.8 Å². The second-order valence-corrected chi connectivity index (χ2v) is 8.07. The van der Waals surface area contributed by atoms with Gasteiger partial charge in [0.05, 0.1) is 18.8 Å². The molecule has 1 aromatic carbocycles. The standard InChI is InChI=1S/C24H31N3O4/c1-3-31-23-19(10-7-15-25-23)22(30)26-16-24(18-8-5-4-6-9-18)13-11-20(27-17(2)28)21(29)12-14-24/h4-10,15,20-21,29H,3,11-14,16H2,1-2H3,(H,26,30)(H,27,28)/t20-,21-,24-/m0/s1. The lowest BCUT2D eigenvalue weighted by Gasteiger charge is -2.34. The average Bonchev–Trinajstić information content (AvgIpc) is 2.93. The van der Waals surface area contributed by atoms with E-state index in [0.29, 0.717) is 43.9 Å². The Balaban J connectivity index is 1.82. The van der Waals surface area contributed by atoms with E-state index in [1.807, 2.05) is 25.1 Å². The number of aliphatic hydroxyl groups excluding tert-OH is 1. The molecule has 2 amide bonds. The number of carbonyl (C=O) groups excluding carboxylic acids is 2. The highest BCUT2D eigenvalue weighted by Gasteiger charge is 2.38. The molecule has 2 aromatic rings. The zero-order valence-electron chi connectivity index (χ0n) is 18.1. The maximum Gasteiger partial charge on any atom is 0.256 e. The Morgan fingerprint density at radius 1 is 1.16 bits per heavy atom. The number of rotatable bonds is 7. The van der Waals surface area contributed by atoms with Crippen LogP contribution in [0.25, 0.3) is 0 Å². The lowest BCUT2D eigenvalue weighted by Crippen LogP contribution is -2.42. The largest absolute Gasteiger partial charge is 0.477 e. The van der Waals surface area contributed by atoms with Crippen LogP contribution in [0.2, 0.25) is 0 Å². The van der Waals surface area contributed by atoms with E-state index < -0.39 is 6.10 Å². The Morgan fingerprint density at radius 3 is 2.61 bits per heavy atom. The molecule has 1 saturated carbocycles. The van der Waals surface area contributed by atoms with Gasteiger partial charge >= 0.3 is 0 Å². The number of amides is 2. The fraction of sp³-hybridized carbons (Fsp3) is 0.458. The van der Waals surface area contributed by atoms with Crippen molar-refractivity contribution in [1.82, 2.24) is 15.6 Å². The fourth-order valence-corrected chi connectivity index (χ4v) is 4.32. The first kappa shape index (κ1) is 22.7. The summed E-state index contributed by atoms with van der Waals surface area (Å²) >= 11 is 0. The molecule has 7 heteroatoms. The third-order valence-electron chi connectivity index (χ3n) is 5.98. The number of aliphatic hydroxyl groups is 1. The van der Waals surface area contributed by atoms with Crippen LogP contribution in [0.15, 0.2) is 48.7 Å². The summed E-state index contributed by atoms with van der Waals surface area (Å²) in [7, 11) is 0. The maximum atomic E-state index is 13.0. The summed E-state index contributed by atoms with van der Waals surface area (Å²) in [5, 5.41) is 16.5. The second-order valence-electron chi connectivity index (χ2n) is 8.07. The molecule has 1 aliphatic carbocycles. The van der Waals surface area contributed by atoms with Gasteiger partial charge in [0.15, 0.2) is 0 Å². The molecular weight excluding hydrogens is 394 g/mol. The molecule has 0 bridgehead atoms. The highest BCUT2D eigenvalue weighted by molar-refractivity contribution is 5.96. The van der Waals surface area contributed by atoms with Gasteiger partial charge in [0.2, 0.25) is 11.8 Å². The number of aromatic nitrogens is 1. The van der Waals surface area contributed by atoms with Crippen molar-refractivity contribution in [3.63, 3.8) is 0 Å². The normalized spacial score (nSPS) is 23.5. The van der Waals surface area contributed by atoms with E-state index in [1.54, 1.807) is 18.3 Å². The highest BCUT2D eigenvalue weighted by atomic mass is 16.5. The third-order valence-corrected chi connectivity index (χ3v) is 5.98. The molecule has 1 heterocycles. The van der Waals surface area contributed by atoms with Crippen molar-refractivity contribution in [3.8, 4) is 5.88 Å². The van der Waals surface area contributed by atoms with E-state index in [1.165, 1.54) is 6.92 Å². The molecule has 1 aliphatic rings. The van der Waals surface area contributed by atoms with E-state index in [0.717, 1.165) is 12.0 Å². The van der Waals surface area contributed by atoms with Crippen molar-refractivity contribution < 1.29 is 19.4 Å². The van der Waals surface area contributed by atoms with E-state index in [9.17, 15) is 14.7 Å². The summed E-state index contributed by atoms with van der Waals surface area (Å²) in [5.41, 5.74) is 1.17. The Kier molecular flexibility index (Phi) is 7.63. The molecule has 7 nitrogen and oxygen atoms in total. The number of nitrogens with one attached hydrogen (secondary N) is 2. The predicted octanol–water partition coefficient (Wildman–Crippen LogP) is 2.59. The number of carbonyl (C=O) groups is 2. The van der Waals surface area contributed by atoms with Crippen LogP contribution in [0.4, 0.5) is 0 Å². The number of nitrogens with zero attached hydrogens (tertiary/aromatic N) is 1. The number of hydrogen-bond donors (Lipinski definition) is 3. The Labute approximate surface area is 183 Å². The summed E-state index contributed by atoms with van der Waals surface area (Å²) in [6.45, 7) is 4.15. The fourth-order valence-electron chi connectivity index (χ4n) is 4.32. The number of pyridine rings is 1. The molecule has 3 N–H and O–H groups in total. The molecule has 166 valence electrons. The first-order chi connectivity index (χ1) is 14.9. The molecule has 0 radical (unpaired) electrons. The quantitative estimate of drug-likeness (QED) is 0.592. The first-order valence-electron chi connectivity index (χ1n) is 10.8. The maximum absolute atomic E-state index is 13.0. The monoisotopic (exact) mass is 425 g/mol. The second kappa shape index (κ2) is 10.4. The molecule has 0 aliphatic heterocycles. The van der Waals surface area contributed by atoms with Crippen LogP contribution in [0.5, 0.6) is 5.88 Å². The summed E-state index contributed by atoms with van der Waals surface area (Å²) in [6, 6.07) is 13.2. The Morgan fingerprint density at radius 2 is 1.90 bits per heavy atom. The third kappa shape index (κ3) is 5.61. The van der Waals surface area contributed by atoms with Gasteiger partial charge in [-0.05, 0) is 50.3 Å². The SMILES string of the molecule is CCOc1ncccc1C(=O)NC[C@]1(c2ccccc2)CC[C@H](NC(C)=O)[C@@H](O)CC1. The van der Waals surface area contributed by atoms with Crippen molar-refractivity contribution in [3.05, 3.63) is 59.8 Å². The molecule has 0 saturated heterocycles. The van der Waals surface area contributed by atoms with Crippen LogP contribution in [0.1, 0.15) is 55.5 Å². The van der Waals surface area contributed by atoms with Crippen LogP contribution >= 0.6 is 0 Å². The number of hydrogen-bond acceptors (Lipinski definition) is 5. The van der Waals surface area contributed by atoms with E-state index >= 15 is 0 Å². The van der Waals surface area contributed by atoms with Crippen molar-refractivity contribution >= 4 is 11.8 Å². The van der Waals surface area contributed by atoms with E-state index in [4.69, 9.17) is 4.74 Å². The summed E-state index contributed by atoms with van der Waals surface area (Å²) in [5.74, 6) is -0.0714. The van der Waals surface area contributed by atoms with Gasteiger partial charge in [0.25, 0.3) is 5.91 Å². The van der Waals surface area contributed by atoms with Crippen molar-refractivity contribution in [2.75, 3.05) is 13.2 Å². The minimum absolute atomic E-state index is 0.149. The van der Waals surface area contributed by atoms with Gasteiger partial charge in [0, 0.05) is 25.1 Å². The zero-order valence-corrected chi connectivity index (χ0v) is 18.1. The van der Waals surface area contributed by atoms with Gasteiger partial charge in [0.1, 0.15) is 5.56 Å². The first-order valence-corrected chi connectivity index (χ1v) is 10.8. The van der Waals surface area contributed by atoms with E-state index in [-0.39, 0.29) is 23.3 Å². The minimum atomic E-state index is -0.618. The average molecular weight is 426 g/mol. The predicted molar refractivity (Wildman–Crippen MR) is 118 cm³/mol. The van der Waals surface area contributed by atoms with Crippen LogP contribution in [0, 0.1) is 0 Å². The number of benzene rings is 1. The molecule has 0 unspecified atom stereocenters. The number of ether oxygens (including phenoxy) is 1. The molecule has 3 atom stereocenters. The Bertz CT molecular complexity index is 889. The molecule has 1 aromatic heterocycles. The van der Waals surface area contributed by atoms with Gasteiger partial charge in [-0.2, -0.15) is 0 Å². The summed E-state index contributed by atoms with van der Waals surface area (Å²) in [4.78, 5) is 28.7. The van der Waals surface area contributed by atoms with Crippen molar-refractivity contribution in [2.24, 2.45) is 0 Å². The van der Waals surface area contributed by atoms with Crippen molar-refractivity contribution in [1.29, 1.82) is 0 Å². The molecule has 3 rings (SSSR count). The summed E-state index contributed by atoms with van der Waals surface area (Å²) < 4.78 is 5.50. The van der Waals surface area contributed by atoms with Crippen LogP contribution in [0.3, 0.4) is 0 Å². The van der Waals surface area contributed by atoms with Gasteiger partial charge in [-0.1, -0.05) is 30.3 Å². The Hall–Kier alpha value is -2.93. The van der Waals surface area contributed by atoms with Crippen LogP contribution < -0.4 is 15.4 Å². The lowest BCUT2D eigenvalue weighted by molar-refractivity contribution is -0.120. The van der Waals surface area contributed by atoms with Gasteiger partial charge in [-0.25, -0.2) is 4.98 Å².